The molecule has 1 aromatic carbocycles. The number of carboxylic acids is 1. The topological polar surface area (TPSA) is 63.3 Å². The first-order chi connectivity index (χ1) is 7.13. The number of halogens is 1. The van der Waals surface area contributed by atoms with E-state index in [1.54, 1.807) is 0 Å². The zero-order valence-corrected chi connectivity index (χ0v) is 8.74. The number of hydrogen-bond acceptors (Lipinski definition) is 2. The number of benzene rings is 1. The van der Waals surface area contributed by atoms with Crippen LogP contribution in [0.4, 0.5) is 4.39 Å². The zero-order chi connectivity index (χ0) is 11.7. The van der Waals surface area contributed by atoms with Gasteiger partial charge >= 0.3 is 5.97 Å². The fraction of sp³-hybridized carbons (Fsp3) is 0.364. The van der Waals surface area contributed by atoms with Crippen LogP contribution in [0.15, 0.2) is 24.3 Å². The molecule has 0 radical (unpaired) electrons. The van der Waals surface area contributed by atoms with E-state index in [1.165, 1.54) is 31.0 Å². The summed E-state index contributed by atoms with van der Waals surface area (Å²) in [6.45, 7) is 2.98. The number of nitrogens with two attached hydrogens (primary N) is 1. The summed E-state index contributed by atoms with van der Waals surface area (Å²) in [5.41, 5.74) is 4.85. The summed E-state index contributed by atoms with van der Waals surface area (Å²) in [7, 11) is 0. The molecule has 0 heterocycles. The van der Waals surface area contributed by atoms with Crippen molar-refractivity contribution in [1.29, 1.82) is 0 Å². The van der Waals surface area contributed by atoms with E-state index in [9.17, 15) is 9.18 Å². The Morgan fingerprint density at radius 3 is 2.33 bits per heavy atom. The third-order valence-electron chi connectivity index (χ3n) is 1.66. The maximum atomic E-state index is 12.5. The smallest absolute Gasteiger partial charge is 0.338 e. The van der Waals surface area contributed by atoms with E-state index in [-0.39, 0.29) is 5.56 Å². The first-order valence-corrected chi connectivity index (χ1v) is 4.81. The van der Waals surface area contributed by atoms with Crippen molar-refractivity contribution in [3.63, 3.8) is 0 Å². The monoisotopic (exact) mass is 213 g/mol. The minimum Gasteiger partial charge on any atom is -0.478 e. The lowest BCUT2D eigenvalue weighted by molar-refractivity contribution is 0.0692. The molecule has 0 aliphatic rings. The zero-order valence-electron chi connectivity index (χ0n) is 8.74. The average Bonchev–Trinajstić information content (AvgIpc) is 2.20. The Labute approximate surface area is 88.7 Å². The Bertz CT molecular complexity index is 300. The first-order valence-electron chi connectivity index (χ1n) is 4.81. The molecule has 0 aliphatic carbocycles. The Morgan fingerprint density at radius 2 is 2.07 bits per heavy atom. The van der Waals surface area contributed by atoms with Gasteiger partial charge < -0.3 is 10.8 Å². The Kier molecular flexibility index (Phi) is 7.18. The molecule has 0 spiro atoms. The predicted molar refractivity (Wildman–Crippen MR) is 57.3 cm³/mol. The highest BCUT2D eigenvalue weighted by molar-refractivity contribution is 5.87. The molecule has 0 bridgehead atoms. The van der Waals surface area contributed by atoms with Crippen molar-refractivity contribution in [3.05, 3.63) is 35.6 Å². The fourth-order valence-corrected chi connectivity index (χ4v) is 0.839. The molecule has 0 unspecified atom stereocenters. The number of carbonyl (C=O) groups is 1. The van der Waals surface area contributed by atoms with E-state index in [0.29, 0.717) is 0 Å². The second-order valence-corrected chi connectivity index (χ2v) is 2.93. The van der Waals surface area contributed by atoms with Gasteiger partial charge in [-0.25, -0.2) is 9.18 Å². The standard InChI is InChI=1S/C7H5FO2.C4H11N/c8-6-4-2-1-3-5(6)7(9)10;1-2-3-4-5/h1-4H,(H,9,10);2-5H2,1H3. The average molecular weight is 213 g/mol. The van der Waals surface area contributed by atoms with Crippen molar-refractivity contribution in [2.24, 2.45) is 5.73 Å². The van der Waals surface area contributed by atoms with Crippen LogP contribution in [0.2, 0.25) is 0 Å². The van der Waals surface area contributed by atoms with E-state index >= 15 is 0 Å². The molecule has 0 fully saturated rings. The van der Waals surface area contributed by atoms with Crippen molar-refractivity contribution in [3.8, 4) is 0 Å². The summed E-state index contributed by atoms with van der Waals surface area (Å²) < 4.78 is 12.5. The van der Waals surface area contributed by atoms with Gasteiger partial charge in [0.2, 0.25) is 0 Å². The molecule has 0 aromatic heterocycles. The molecule has 4 heteroatoms. The SMILES string of the molecule is CCCCN.O=C(O)c1ccccc1F. The summed E-state index contributed by atoms with van der Waals surface area (Å²) >= 11 is 0. The van der Waals surface area contributed by atoms with E-state index < -0.39 is 11.8 Å². The Morgan fingerprint density at radius 1 is 1.47 bits per heavy atom. The predicted octanol–water partition coefficient (Wildman–Crippen LogP) is 2.27. The summed E-state index contributed by atoms with van der Waals surface area (Å²) in [6, 6.07) is 5.26. The molecular formula is C11H16FNO2. The van der Waals surface area contributed by atoms with Crippen molar-refractivity contribution in [2.75, 3.05) is 6.54 Å². The molecule has 15 heavy (non-hydrogen) atoms. The van der Waals surface area contributed by atoms with Crippen LogP contribution in [-0.2, 0) is 0 Å². The highest BCUT2D eigenvalue weighted by Crippen LogP contribution is 2.04. The molecule has 1 aromatic rings. The normalized spacial score (nSPS) is 9.00. The van der Waals surface area contributed by atoms with Gasteiger partial charge in [-0.2, -0.15) is 0 Å². The van der Waals surface area contributed by atoms with Crippen LogP contribution in [0, 0.1) is 5.82 Å². The Hall–Kier alpha value is -1.42. The second-order valence-electron chi connectivity index (χ2n) is 2.93. The van der Waals surface area contributed by atoms with Gasteiger partial charge in [-0.1, -0.05) is 25.5 Å². The molecule has 3 nitrogen and oxygen atoms in total. The fourth-order valence-electron chi connectivity index (χ4n) is 0.839. The summed E-state index contributed by atoms with van der Waals surface area (Å²) in [5.74, 6) is -1.94. The largest absolute Gasteiger partial charge is 0.478 e. The van der Waals surface area contributed by atoms with E-state index in [4.69, 9.17) is 10.8 Å². The van der Waals surface area contributed by atoms with Gasteiger partial charge in [0.05, 0.1) is 5.56 Å². The van der Waals surface area contributed by atoms with Crippen LogP contribution in [0.1, 0.15) is 30.1 Å². The van der Waals surface area contributed by atoms with Gasteiger partial charge in [0, 0.05) is 0 Å². The van der Waals surface area contributed by atoms with Crippen LogP contribution in [0.3, 0.4) is 0 Å². The van der Waals surface area contributed by atoms with Crippen molar-refractivity contribution in [2.45, 2.75) is 19.8 Å². The second kappa shape index (κ2) is 7.94. The van der Waals surface area contributed by atoms with Crippen molar-refractivity contribution >= 4 is 5.97 Å². The lowest BCUT2D eigenvalue weighted by atomic mass is 10.2. The quantitative estimate of drug-likeness (QED) is 0.809. The lowest BCUT2D eigenvalue weighted by Gasteiger charge is -1.92. The maximum absolute atomic E-state index is 12.5. The minimum atomic E-state index is -1.24. The molecule has 0 atom stereocenters. The van der Waals surface area contributed by atoms with Crippen LogP contribution < -0.4 is 5.73 Å². The maximum Gasteiger partial charge on any atom is 0.338 e. The van der Waals surface area contributed by atoms with Gasteiger partial charge in [-0.05, 0) is 25.1 Å². The van der Waals surface area contributed by atoms with E-state index in [2.05, 4.69) is 6.92 Å². The molecular weight excluding hydrogens is 197 g/mol. The van der Waals surface area contributed by atoms with Crippen LogP contribution in [0.25, 0.3) is 0 Å². The number of carboxylic acid groups (broad SMARTS) is 1. The molecule has 0 saturated carbocycles. The van der Waals surface area contributed by atoms with Gasteiger partial charge in [0.15, 0.2) is 0 Å². The lowest BCUT2D eigenvalue weighted by Crippen LogP contribution is -1.98. The number of unbranched alkanes of at least 4 members (excludes halogenated alkanes) is 1. The molecule has 0 amide bonds. The summed E-state index contributed by atoms with van der Waals surface area (Å²) in [6.07, 6.45) is 2.39. The summed E-state index contributed by atoms with van der Waals surface area (Å²) in [4.78, 5) is 10.2. The molecule has 84 valence electrons. The number of rotatable bonds is 3. The first kappa shape index (κ1) is 13.6. The van der Waals surface area contributed by atoms with Crippen LogP contribution in [-0.4, -0.2) is 17.6 Å². The molecule has 3 N–H and O–H groups in total. The van der Waals surface area contributed by atoms with Gasteiger partial charge in [0.25, 0.3) is 0 Å². The third kappa shape index (κ3) is 5.80. The van der Waals surface area contributed by atoms with Crippen molar-refractivity contribution < 1.29 is 14.3 Å². The number of aromatic carboxylic acids is 1. The van der Waals surface area contributed by atoms with Crippen LogP contribution in [0.5, 0.6) is 0 Å². The van der Waals surface area contributed by atoms with Crippen LogP contribution >= 0.6 is 0 Å². The molecule has 1 rings (SSSR count). The highest BCUT2D eigenvalue weighted by atomic mass is 19.1. The van der Waals surface area contributed by atoms with Gasteiger partial charge in [-0.15, -0.1) is 0 Å². The van der Waals surface area contributed by atoms with Crippen molar-refractivity contribution in [1.82, 2.24) is 0 Å². The molecule has 0 saturated heterocycles. The number of hydrogen-bond donors (Lipinski definition) is 2. The summed E-state index contributed by atoms with van der Waals surface area (Å²) in [5, 5.41) is 8.33. The molecule has 0 aliphatic heterocycles. The minimum absolute atomic E-state index is 0.289. The highest BCUT2D eigenvalue weighted by Gasteiger charge is 2.06. The Balaban J connectivity index is 0.000000336. The van der Waals surface area contributed by atoms with Gasteiger partial charge in [0.1, 0.15) is 5.82 Å². The van der Waals surface area contributed by atoms with E-state index in [0.717, 1.165) is 12.6 Å². The van der Waals surface area contributed by atoms with Gasteiger partial charge in [-0.3, -0.25) is 0 Å². The third-order valence-corrected chi connectivity index (χ3v) is 1.66. The van der Waals surface area contributed by atoms with E-state index in [1.807, 2.05) is 0 Å².